The summed E-state index contributed by atoms with van der Waals surface area (Å²) in [5.74, 6) is 0.764. The largest absolute Gasteiger partial charge is 0.461 e. The Morgan fingerprint density at radius 3 is 2.45 bits per heavy atom. The molecule has 3 aliphatic rings. The maximum atomic E-state index is 13.4. The molecule has 2 atom stereocenters. The number of fused-ring (bicyclic) bond motifs is 2. The van der Waals surface area contributed by atoms with Crippen LogP contribution in [-0.4, -0.2) is 94.5 Å². The molecule has 12 nitrogen and oxygen atoms in total. The van der Waals surface area contributed by atoms with Gasteiger partial charge in [-0.1, -0.05) is 66.7 Å². The minimum Gasteiger partial charge on any atom is -0.461 e. The molecule has 7 rings (SSSR count). The molecule has 4 heterocycles. The van der Waals surface area contributed by atoms with Gasteiger partial charge in [-0.05, 0) is 70.9 Å². The average molecular weight is 746 g/mol. The van der Waals surface area contributed by atoms with E-state index >= 15 is 0 Å². The second kappa shape index (κ2) is 15.7. The number of nitrogens with zero attached hydrogens (tertiary/aromatic N) is 7. The number of rotatable bonds is 8. The summed E-state index contributed by atoms with van der Waals surface area (Å²) in [6.07, 6.45) is 1.51. The fourth-order valence-electron chi connectivity index (χ4n) is 8.06. The van der Waals surface area contributed by atoms with Crippen molar-refractivity contribution in [3.05, 3.63) is 101 Å². The molecule has 0 saturated carbocycles. The number of hydrogen-bond donors (Lipinski definition) is 0. The Morgan fingerprint density at radius 2 is 1.67 bits per heavy atom. The zero-order valence-corrected chi connectivity index (χ0v) is 32.5. The van der Waals surface area contributed by atoms with Gasteiger partial charge in [-0.2, -0.15) is 9.97 Å². The van der Waals surface area contributed by atoms with Crippen molar-refractivity contribution in [2.45, 2.75) is 90.3 Å². The first kappa shape index (κ1) is 37.7. The lowest BCUT2D eigenvalue weighted by Crippen LogP contribution is -2.57. The van der Waals surface area contributed by atoms with Crippen molar-refractivity contribution in [1.29, 1.82) is 0 Å². The number of carbonyl (C=O) groups is 2. The summed E-state index contributed by atoms with van der Waals surface area (Å²) in [6.45, 7) is 20.6. The van der Waals surface area contributed by atoms with Gasteiger partial charge in [0.15, 0.2) is 0 Å². The van der Waals surface area contributed by atoms with Crippen molar-refractivity contribution in [2.75, 3.05) is 49.1 Å². The van der Waals surface area contributed by atoms with Crippen molar-refractivity contribution in [3.8, 4) is 6.01 Å². The fourth-order valence-corrected chi connectivity index (χ4v) is 8.06. The van der Waals surface area contributed by atoms with Crippen LogP contribution < -0.4 is 14.5 Å². The summed E-state index contributed by atoms with van der Waals surface area (Å²) in [6, 6.07) is 24.0. The molecule has 2 saturated heterocycles. The van der Waals surface area contributed by atoms with E-state index < -0.39 is 17.2 Å². The third kappa shape index (κ3) is 8.41. The Morgan fingerprint density at radius 1 is 0.909 bits per heavy atom. The van der Waals surface area contributed by atoms with Crippen LogP contribution in [0.2, 0.25) is 0 Å². The summed E-state index contributed by atoms with van der Waals surface area (Å²) in [5.41, 5.74) is 2.96. The SMILES string of the molecule is [C-]#[N+]CC1CN(c2nc(OC[C@@H]3CCC(C)(C)N3C(=O)OC(C)(C)C)nc3c2CCN(c2cccc4ccccc24)C3)CCN1C(=O)OCc1ccccc1. The van der Waals surface area contributed by atoms with Crippen LogP contribution in [-0.2, 0) is 29.0 Å². The minimum atomic E-state index is -0.624. The highest BCUT2D eigenvalue weighted by atomic mass is 16.6. The van der Waals surface area contributed by atoms with Gasteiger partial charge < -0.3 is 28.9 Å². The number of aromatic nitrogens is 2. The van der Waals surface area contributed by atoms with Gasteiger partial charge in [0.05, 0.1) is 18.3 Å². The molecule has 55 heavy (non-hydrogen) atoms. The molecule has 0 N–H and O–H groups in total. The number of likely N-dealkylation sites (tertiary alicyclic amines) is 1. The Kier molecular flexibility index (Phi) is 10.7. The van der Waals surface area contributed by atoms with Crippen molar-refractivity contribution in [2.24, 2.45) is 0 Å². The first-order chi connectivity index (χ1) is 26.4. The molecule has 2 amide bonds. The molecule has 12 heteroatoms. The van der Waals surface area contributed by atoms with Crippen molar-refractivity contribution in [1.82, 2.24) is 19.8 Å². The lowest BCUT2D eigenvalue weighted by Gasteiger charge is -2.41. The van der Waals surface area contributed by atoms with E-state index in [4.69, 9.17) is 30.8 Å². The Hall–Kier alpha value is -5.57. The maximum Gasteiger partial charge on any atom is 0.411 e. The van der Waals surface area contributed by atoms with Crippen LogP contribution in [0.3, 0.4) is 0 Å². The molecule has 0 aliphatic carbocycles. The lowest BCUT2D eigenvalue weighted by atomic mass is 10.0. The topological polar surface area (TPSA) is 105 Å². The molecule has 1 aromatic heterocycles. The number of hydrogen-bond acceptors (Lipinski definition) is 9. The van der Waals surface area contributed by atoms with E-state index in [1.807, 2.05) is 56.0 Å². The van der Waals surface area contributed by atoms with E-state index in [2.05, 4.69) is 71.0 Å². The predicted molar refractivity (Wildman–Crippen MR) is 212 cm³/mol. The fraction of sp³-hybridized carbons (Fsp3) is 0.465. The van der Waals surface area contributed by atoms with Crippen LogP contribution in [0.15, 0.2) is 72.8 Å². The van der Waals surface area contributed by atoms with Crippen molar-refractivity contribution < 1.29 is 23.8 Å². The van der Waals surface area contributed by atoms with Crippen LogP contribution in [0.1, 0.15) is 64.3 Å². The van der Waals surface area contributed by atoms with Gasteiger partial charge in [-0.15, -0.1) is 0 Å². The van der Waals surface area contributed by atoms with Gasteiger partial charge in [0.25, 0.3) is 0 Å². The quantitative estimate of drug-likeness (QED) is 0.170. The van der Waals surface area contributed by atoms with Crippen LogP contribution in [0, 0.1) is 6.57 Å². The molecular weight excluding hydrogens is 695 g/mol. The Bertz CT molecular complexity index is 2050. The second-order valence-electron chi connectivity index (χ2n) is 16.3. The molecule has 0 bridgehead atoms. The van der Waals surface area contributed by atoms with Crippen LogP contribution in [0.4, 0.5) is 21.1 Å². The summed E-state index contributed by atoms with van der Waals surface area (Å²) in [7, 11) is 0. The molecule has 3 aromatic carbocycles. The number of piperazine rings is 1. The summed E-state index contributed by atoms with van der Waals surface area (Å²) >= 11 is 0. The summed E-state index contributed by atoms with van der Waals surface area (Å²) in [5, 5.41) is 2.36. The van der Waals surface area contributed by atoms with Crippen molar-refractivity contribution in [3.63, 3.8) is 0 Å². The molecule has 4 aromatic rings. The van der Waals surface area contributed by atoms with E-state index in [0.29, 0.717) is 32.6 Å². The average Bonchev–Trinajstić information content (AvgIpc) is 3.48. The molecule has 3 aliphatic heterocycles. The first-order valence-corrected chi connectivity index (χ1v) is 19.2. The van der Waals surface area contributed by atoms with Gasteiger partial charge in [0, 0.05) is 48.4 Å². The third-order valence-corrected chi connectivity index (χ3v) is 10.8. The zero-order valence-electron chi connectivity index (χ0n) is 32.5. The van der Waals surface area contributed by atoms with Crippen LogP contribution >= 0.6 is 0 Å². The minimum absolute atomic E-state index is 0.139. The molecule has 0 spiro atoms. The van der Waals surface area contributed by atoms with Crippen LogP contribution in [0.25, 0.3) is 15.6 Å². The first-order valence-electron chi connectivity index (χ1n) is 19.2. The van der Waals surface area contributed by atoms with Gasteiger partial charge in [0.2, 0.25) is 6.54 Å². The van der Waals surface area contributed by atoms with Gasteiger partial charge in [0.1, 0.15) is 30.7 Å². The number of carbonyl (C=O) groups excluding carboxylic acids is 2. The lowest BCUT2D eigenvalue weighted by molar-refractivity contribution is -0.00144. The summed E-state index contributed by atoms with van der Waals surface area (Å²) < 4.78 is 18.0. The number of ether oxygens (including phenoxy) is 3. The maximum absolute atomic E-state index is 13.4. The molecule has 0 radical (unpaired) electrons. The number of amides is 2. The molecule has 288 valence electrons. The molecule has 1 unspecified atom stereocenters. The second-order valence-corrected chi connectivity index (χ2v) is 16.3. The highest BCUT2D eigenvalue weighted by Gasteiger charge is 2.45. The van der Waals surface area contributed by atoms with Crippen LogP contribution in [0.5, 0.6) is 6.01 Å². The van der Waals surface area contributed by atoms with E-state index in [1.165, 1.54) is 10.8 Å². The smallest absolute Gasteiger partial charge is 0.411 e. The van der Waals surface area contributed by atoms with E-state index in [-0.39, 0.29) is 43.9 Å². The highest BCUT2D eigenvalue weighted by molar-refractivity contribution is 5.94. The van der Waals surface area contributed by atoms with E-state index in [0.717, 1.165) is 47.7 Å². The Labute approximate surface area is 323 Å². The van der Waals surface area contributed by atoms with Gasteiger partial charge in [-0.3, -0.25) is 9.80 Å². The predicted octanol–water partition coefficient (Wildman–Crippen LogP) is 7.50. The standard InChI is InChI=1S/C43H51N7O5/c1-42(2,3)55-41(52)50-32(19-21-43(50,4)5)29-53-39-45-36-27-47(37-18-12-16-31-15-10-11-17-34(31)37)22-20-35(36)38(46-39)48-23-24-49(33(26-48)25-44-6)40(51)54-28-30-13-8-7-9-14-30/h7-18,32-33H,19-29H2,1-5H3/t32-,33?/m0/s1. The molecule has 2 fully saturated rings. The van der Waals surface area contributed by atoms with Crippen molar-refractivity contribution >= 4 is 34.5 Å². The third-order valence-electron chi connectivity index (χ3n) is 10.8. The monoisotopic (exact) mass is 745 g/mol. The zero-order chi connectivity index (χ0) is 38.7. The highest BCUT2D eigenvalue weighted by Crippen LogP contribution is 2.37. The normalized spacial score (nSPS) is 19.5. The molecular formula is C43H51N7O5. The van der Waals surface area contributed by atoms with E-state index in [1.54, 1.807) is 4.90 Å². The Balaban J connectivity index is 1.16. The van der Waals surface area contributed by atoms with E-state index in [9.17, 15) is 9.59 Å². The number of benzene rings is 3. The number of anilines is 2. The van der Waals surface area contributed by atoms with Gasteiger partial charge >= 0.3 is 18.2 Å². The summed E-state index contributed by atoms with van der Waals surface area (Å²) in [4.78, 5) is 48.6. The van der Waals surface area contributed by atoms with Gasteiger partial charge in [-0.25, -0.2) is 16.2 Å².